The van der Waals surface area contributed by atoms with E-state index < -0.39 is 0 Å². The minimum atomic E-state index is -0.163. The van der Waals surface area contributed by atoms with Crippen LogP contribution in [0.4, 0.5) is 0 Å². The van der Waals surface area contributed by atoms with Crippen LogP contribution in [0, 0.1) is 0 Å². The van der Waals surface area contributed by atoms with Crippen LogP contribution in [0.3, 0.4) is 0 Å². The molecule has 1 unspecified atom stereocenters. The number of allylic oxidation sites excluding steroid dienone is 1. The Morgan fingerprint density at radius 3 is 2.39 bits per heavy atom. The molecule has 1 aliphatic rings. The summed E-state index contributed by atoms with van der Waals surface area (Å²) in [7, 11) is 0. The van der Waals surface area contributed by atoms with E-state index in [2.05, 4.69) is 107 Å². The van der Waals surface area contributed by atoms with Crippen LogP contribution in [-0.4, -0.2) is 4.57 Å². The second-order valence-corrected chi connectivity index (χ2v) is 10.8. The van der Waals surface area contributed by atoms with Crippen molar-refractivity contribution in [3.63, 3.8) is 0 Å². The van der Waals surface area contributed by atoms with Crippen molar-refractivity contribution in [1.82, 2.24) is 9.99 Å². The number of nitrogens with two attached hydrogens (primary N) is 1. The first kappa shape index (κ1) is 23.9. The quantitative estimate of drug-likeness (QED) is 0.172. The number of nitrogens with one attached hydrogen (secondary N) is 1. The van der Waals surface area contributed by atoms with Gasteiger partial charge in [-0.3, -0.25) is 5.84 Å². The van der Waals surface area contributed by atoms with Gasteiger partial charge in [0.15, 0.2) is 0 Å². The number of aryl methyl sites for hydroxylation is 1. The number of hydrogen-bond donors (Lipinski definition) is 2. The number of furan rings is 1. The average Bonchev–Trinajstić information content (AvgIpc) is 3.58. The summed E-state index contributed by atoms with van der Waals surface area (Å²) in [6.07, 6.45) is 6.67. The van der Waals surface area contributed by atoms with E-state index in [4.69, 9.17) is 10.3 Å². The number of aromatic nitrogens is 1. The van der Waals surface area contributed by atoms with Crippen LogP contribution in [-0.2, 0) is 6.42 Å². The van der Waals surface area contributed by atoms with Gasteiger partial charge in [-0.25, -0.2) is 5.43 Å². The van der Waals surface area contributed by atoms with Crippen molar-refractivity contribution in [3.8, 4) is 16.8 Å². The highest BCUT2D eigenvalue weighted by molar-refractivity contribution is 6.08. The van der Waals surface area contributed by atoms with E-state index in [1.807, 2.05) is 30.3 Å². The summed E-state index contributed by atoms with van der Waals surface area (Å²) < 4.78 is 8.78. The molecule has 0 fully saturated rings. The van der Waals surface area contributed by atoms with Crippen LogP contribution < -0.4 is 11.3 Å². The van der Waals surface area contributed by atoms with E-state index in [0.29, 0.717) is 0 Å². The Morgan fingerprint density at radius 2 is 1.56 bits per heavy atom. The maximum absolute atomic E-state index is 6.37. The third kappa shape index (κ3) is 3.84. The van der Waals surface area contributed by atoms with Gasteiger partial charge < -0.3 is 8.98 Å². The van der Waals surface area contributed by atoms with Gasteiger partial charge in [0.05, 0.1) is 11.6 Å². The predicted octanol–water partition coefficient (Wildman–Crippen LogP) is 8.71. The Kier molecular flexibility index (Phi) is 5.62. The molecule has 4 heteroatoms. The summed E-state index contributed by atoms with van der Waals surface area (Å²) >= 11 is 0. The van der Waals surface area contributed by atoms with E-state index in [9.17, 15) is 0 Å². The van der Waals surface area contributed by atoms with Gasteiger partial charge in [0.1, 0.15) is 11.2 Å². The number of fused-ring (bicyclic) bond motifs is 6. The molecule has 198 valence electrons. The van der Waals surface area contributed by atoms with Crippen molar-refractivity contribution in [2.45, 2.75) is 18.9 Å². The summed E-state index contributed by atoms with van der Waals surface area (Å²) in [4.78, 5) is 0. The Morgan fingerprint density at radius 1 is 0.732 bits per heavy atom. The first-order valence-electron chi connectivity index (χ1n) is 14.2. The predicted molar refractivity (Wildman–Crippen MR) is 169 cm³/mol. The van der Waals surface area contributed by atoms with Crippen molar-refractivity contribution in [2.24, 2.45) is 5.84 Å². The summed E-state index contributed by atoms with van der Waals surface area (Å²) in [6, 6.07) is 40.4. The molecule has 0 radical (unpaired) electrons. The third-order valence-electron chi connectivity index (χ3n) is 8.44. The first-order valence-corrected chi connectivity index (χ1v) is 14.2. The van der Waals surface area contributed by atoms with Crippen LogP contribution in [0.25, 0.3) is 55.7 Å². The Balaban J connectivity index is 1.35. The lowest BCUT2D eigenvalue weighted by Gasteiger charge is -2.18. The fraction of sp³-hybridized carbons (Fsp3) is 0.0811. The smallest absolute Gasteiger partial charge is 0.135 e. The zero-order chi connectivity index (χ0) is 27.3. The largest absolute Gasteiger partial charge is 0.456 e. The zero-order valence-corrected chi connectivity index (χ0v) is 22.5. The molecule has 8 rings (SSSR count). The van der Waals surface area contributed by atoms with Crippen molar-refractivity contribution >= 4 is 38.9 Å². The van der Waals surface area contributed by atoms with Gasteiger partial charge in [-0.2, -0.15) is 0 Å². The van der Waals surface area contributed by atoms with Crippen molar-refractivity contribution in [1.29, 1.82) is 0 Å². The summed E-state index contributed by atoms with van der Waals surface area (Å²) in [6.45, 7) is 0. The SMILES string of the molecule is NNC(c1ccccc1)c1cccc2oc3ccc(-n4c5c(c6cc(-c7ccccc7)ccc64)CCC=C5)cc3c12. The maximum Gasteiger partial charge on any atom is 0.135 e. The standard InChI is InChI=1S/C37H29N3O/c38-39-37(25-12-5-2-6-13-25)29-15-9-17-35-36(29)31-23-27(19-21-34(31)41-35)40-32-16-8-7-14-28(32)30-22-26(18-20-33(30)40)24-10-3-1-4-11-24/h1-6,8-13,15-23,37,39H,7,14,38H2. The highest BCUT2D eigenvalue weighted by Crippen LogP contribution is 2.40. The summed E-state index contributed by atoms with van der Waals surface area (Å²) in [5, 5.41) is 3.49. The van der Waals surface area contributed by atoms with Crippen molar-refractivity contribution < 1.29 is 4.42 Å². The van der Waals surface area contributed by atoms with Crippen LogP contribution in [0.1, 0.15) is 34.8 Å². The lowest BCUT2D eigenvalue weighted by Crippen LogP contribution is -2.28. The Labute approximate surface area is 238 Å². The molecule has 7 aromatic rings. The molecule has 41 heavy (non-hydrogen) atoms. The molecular formula is C37H29N3O. The molecule has 0 saturated heterocycles. The number of hydrogen-bond acceptors (Lipinski definition) is 3. The van der Waals surface area contributed by atoms with Gasteiger partial charge >= 0.3 is 0 Å². The molecule has 4 nitrogen and oxygen atoms in total. The van der Waals surface area contributed by atoms with Crippen molar-refractivity contribution in [3.05, 3.63) is 144 Å². The fourth-order valence-electron chi connectivity index (χ4n) is 6.56. The van der Waals surface area contributed by atoms with Crippen molar-refractivity contribution in [2.75, 3.05) is 0 Å². The second kappa shape index (κ2) is 9.63. The number of hydrazine groups is 1. The van der Waals surface area contributed by atoms with Crippen LogP contribution in [0.15, 0.2) is 126 Å². The molecule has 2 aromatic heterocycles. The zero-order valence-electron chi connectivity index (χ0n) is 22.5. The highest BCUT2D eigenvalue weighted by Gasteiger charge is 2.22. The van der Waals surface area contributed by atoms with E-state index in [-0.39, 0.29) is 6.04 Å². The van der Waals surface area contributed by atoms with Gasteiger partial charge in [0.2, 0.25) is 0 Å². The minimum Gasteiger partial charge on any atom is -0.456 e. The molecule has 1 aliphatic carbocycles. The molecule has 0 bridgehead atoms. The number of nitrogens with zero attached hydrogens (tertiary/aromatic N) is 1. The second-order valence-electron chi connectivity index (χ2n) is 10.8. The lowest BCUT2D eigenvalue weighted by molar-refractivity contribution is 0.638. The van der Waals surface area contributed by atoms with E-state index in [1.165, 1.54) is 33.3 Å². The van der Waals surface area contributed by atoms with Crippen LogP contribution >= 0.6 is 0 Å². The monoisotopic (exact) mass is 531 g/mol. The van der Waals surface area contributed by atoms with Gasteiger partial charge in [-0.15, -0.1) is 0 Å². The fourth-order valence-corrected chi connectivity index (χ4v) is 6.56. The van der Waals surface area contributed by atoms with E-state index in [0.717, 1.165) is 51.6 Å². The van der Waals surface area contributed by atoms with Gasteiger partial charge in [0, 0.05) is 27.5 Å². The van der Waals surface area contributed by atoms with Gasteiger partial charge in [-0.05, 0) is 83.1 Å². The average molecular weight is 532 g/mol. The molecule has 3 N–H and O–H groups in total. The summed E-state index contributed by atoms with van der Waals surface area (Å²) in [5.74, 6) is 6.15. The molecule has 0 amide bonds. The van der Waals surface area contributed by atoms with Gasteiger partial charge in [-0.1, -0.05) is 84.9 Å². The molecule has 2 heterocycles. The summed E-state index contributed by atoms with van der Waals surface area (Å²) in [5.41, 5.74) is 14.5. The molecule has 1 atom stereocenters. The normalized spacial score (nSPS) is 13.7. The highest BCUT2D eigenvalue weighted by atomic mass is 16.3. The van der Waals surface area contributed by atoms with E-state index in [1.54, 1.807) is 0 Å². The lowest BCUT2D eigenvalue weighted by atomic mass is 9.95. The van der Waals surface area contributed by atoms with Gasteiger partial charge in [0.25, 0.3) is 0 Å². The van der Waals surface area contributed by atoms with Crippen LogP contribution in [0.2, 0.25) is 0 Å². The maximum atomic E-state index is 6.37. The topological polar surface area (TPSA) is 56.1 Å². The molecule has 0 spiro atoms. The molecular weight excluding hydrogens is 502 g/mol. The Bertz CT molecular complexity index is 2080. The third-order valence-corrected chi connectivity index (χ3v) is 8.44. The van der Waals surface area contributed by atoms with E-state index >= 15 is 0 Å². The minimum absolute atomic E-state index is 0.163. The first-order chi connectivity index (χ1) is 20.3. The molecule has 5 aromatic carbocycles. The Hall–Kier alpha value is -4.90. The van der Waals surface area contributed by atoms with Crippen LogP contribution in [0.5, 0.6) is 0 Å². The molecule has 0 aliphatic heterocycles. The number of rotatable bonds is 5. The molecule has 0 saturated carbocycles. The number of benzene rings is 5.